The number of carbonyl (C=O) groups is 1. The minimum absolute atomic E-state index is 0.329. The summed E-state index contributed by atoms with van der Waals surface area (Å²) in [7, 11) is 1.71. The predicted molar refractivity (Wildman–Crippen MR) is 88.9 cm³/mol. The van der Waals surface area contributed by atoms with E-state index in [9.17, 15) is 4.79 Å². The van der Waals surface area contributed by atoms with Crippen LogP contribution in [0.2, 0.25) is 0 Å². The molecule has 1 aromatic rings. The third kappa shape index (κ3) is 3.70. The highest BCUT2D eigenvalue weighted by Gasteiger charge is 2.37. The lowest BCUT2D eigenvalue weighted by molar-refractivity contribution is -0.135. The van der Waals surface area contributed by atoms with Crippen molar-refractivity contribution in [1.29, 1.82) is 0 Å². The summed E-state index contributed by atoms with van der Waals surface area (Å²) >= 11 is 1.77. The molecular weight excluding hydrogens is 296 g/mol. The Morgan fingerprint density at radius 1 is 1.41 bits per heavy atom. The molecule has 0 bridgehead atoms. The van der Waals surface area contributed by atoms with E-state index in [-0.39, 0.29) is 0 Å². The molecule has 122 valence electrons. The zero-order valence-corrected chi connectivity index (χ0v) is 14.2. The molecule has 3 rings (SSSR count). The highest BCUT2D eigenvalue weighted by molar-refractivity contribution is 7.07. The fourth-order valence-electron chi connectivity index (χ4n) is 3.90. The molecule has 2 fully saturated rings. The van der Waals surface area contributed by atoms with Gasteiger partial charge in [-0.1, -0.05) is 0 Å². The van der Waals surface area contributed by atoms with Crippen molar-refractivity contribution in [2.45, 2.75) is 38.3 Å². The molecule has 0 spiro atoms. The van der Waals surface area contributed by atoms with Crippen molar-refractivity contribution in [2.75, 3.05) is 33.4 Å². The Labute approximate surface area is 137 Å². The van der Waals surface area contributed by atoms with Gasteiger partial charge in [-0.2, -0.15) is 11.3 Å². The molecule has 3 heterocycles. The molecule has 0 radical (unpaired) electrons. The molecule has 0 saturated carbocycles. The Hall–Kier alpha value is -0.910. The first-order valence-corrected chi connectivity index (χ1v) is 9.24. The topological polar surface area (TPSA) is 32.8 Å². The highest BCUT2D eigenvalue weighted by atomic mass is 32.1. The van der Waals surface area contributed by atoms with Crippen LogP contribution in [0.3, 0.4) is 0 Å². The average Bonchev–Trinajstić information content (AvgIpc) is 2.96. The van der Waals surface area contributed by atoms with E-state index < -0.39 is 0 Å². The summed E-state index contributed by atoms with van der Waals surface area (Å²) in [5, 5.41) is 4.40. The number of amides is 1. The summed E-state index contributed by atoms with van der Waals surface area (Å²) in [4.78, 5) is 17.0. The zero-order chi connectivity index (χ0) is 15.4. The smallest absolute Gasteiger partial charge is 0.222 e. The number of piperidine rings is 1. The van der Waals surface area contributed by atoms with Gasteiger partial charge in [0.25, 0.3) is 0 Å². The molecule has 2 saturated heterocycles. The summed E-state index contributed by atoms with van der Waals surface area (Å²) < 4.78 is 5.20. The highest BCUT2D eigenvalue weighted by Crippen LogP contribution is 2.31. The van der Waals surface area contributed by atoms with Crippen LogP contribution in [0.5, 0.6) is 0 Å². The van der Waals surface area contributed by atoms with Gasteiger partial charge in [0, 0.05) is 45.8 Å². The van der Waals surface area contributed by atoms with Crippen molar-refractivity contribution < 1.29 is 9.53 Å². The van der Waals surface area contributed by atoms with Gasteiger partial charge in [0.15, 0.2) is 0 Å². The third-order valence-corrected chi connectivity index (χ3v) is 5.72. The molecule has 0 N–H and O–H groups in total. The Kier molecular flexibility index (Phi) is 5.50. The van der Waals surface area contributed by atoms with Crippen LogP contribution >= 0.6 is 11.3 Å². The minimum atomic E-state index is 0.329. The minimum Gasteiger partial charge on any atom is -0.383 e. The average molecular weight is 322 g/mol. The largest absolute Gasteiger partial charge is 0.383 e. The van der Waals surface area contributed by atoms with Gasteiger partial charge < -0.3 is 9.64 Å². The van der Waals surface area contributed by atoms with E-state index in [0.29, 0.717) is 30.9 Å². The molecule has 2 atom stereocenters. The van der Waals surface area contributed by atoms with Crippen LogP contribution < -0.4 is 0 Å². The Morgan fingerprint density at radius 2 is 2.32 bits per heavy atom. The van der Waals surface area contributed by atoms with Crippen molar-refractivity contribution in [1.82, 2.24) is 9.80 Å². The van der Waals surface area contributed by atoms with E-state index >= 15 is 0 Å². The van der Waals surface area contributed by atoms with Gasteiger partial charge in [-0.25, -0.2) is 0 Å². The lowest BCUT2D eigenvalue weighted by Gasteiger charge is -2.42. The van der Waals surface area contributed by atoms with Crippen LogP contribution in [0, 0.1) is 5.92 Å². The Morgan fingerprint density at radius 3 is 3.09 bits per heavy atom. The molecule has 4 nitrogen and oxygen atoms in total. The maximum atomic E-state index is 12.4. The summed E-state index contributed by atoms with van der Waals surface area (Å²) in [5.41, 5.74) is 1.42. The number of fused-ring (bicyclic) bond motifs is 1. The maximum absolute atomic E-state index is 12.4. The first-order valence-electron chi connectivity index (χ1n) is 8.30. The first-order chi connectivity index (χ1) is 10.8. The van der Waals surface area contributed by atoms with Crippen molar-refractivity contribution in [3.05, 3.63) is 22.4 Å². The van der Waals surface area contributed by atoms with Crippen molar-refractivity contribution in [2.24, 2.45) is 5.92 Å². The standard InChI is InChI=1S/C17H26N2O2S/c1-21-9-8-19-16-5-7-18(11-14-6-10-22-13-14)12-15(16)3-2-4-17(19)20/h6,10,13,15-16H,2-5,7-9,11-12H2,1H3/t15-,16+/m0/s1. The SMILES string of the molecule is COCCN1C(=O)CCC[C@H]2CN(Cc3ccsc3)CC[C@H]21. The van der Waals surface area contributed by atoms with Crippen LogP contribution in [0.15, 0.2) is 16.8 Å². The van der Waals surface area contributed by atoms with Gasteiger partial charge >= 0.3 is 0 Å². The molecular formula is C17H26N2O2S. The first kappa shape index (κ1) is 16.0. The number of thiophene rings is 1. The van der Waals surface area contributed by atoms with Crippen LogP contribution in [-0.2, 0) is 16.1 Å². The van der Waals surface area contributed by atoms with Gasteiger partial charge in [-0.15, -0.1) is 0 Å². The van der Waals surface area contributed by atoms with Crippen molar-refractivity contribution in [3.63, 3.8) is 0 Å². The summed E-state index contributed by atoms with van der Waals surface area (Å²) in [5.74, 6) is 0.950. The lowest BCUT2D eigenvalue weighted by Crippen LogP contribution is -2.52. The number of methoxy groups -OCH3 is 1. The Balaban J connectivity index is 1.64. The Bertz CT molecular complexity index is 477. The summed E-state index contributed by atoms with van der Waals surface area (Å²) in [6, 6.07) is 2.64. The van der Waals surface area contributed by atoms with Gasteiger partial charge in [0.05, 0.1) is 6.61 Å². The normalized spacial score (nSPS) is 26.8. The molecule has 22 heavy (non-hydrogen) atoms. The lowest BCUT2D eigenvalue weighted by atomic mass is 9.88. The van der Waals surface area contributed by atoms with E-state index in [2.05, 4.69) is 26.6 Å². The van der Waals surface area contributed by atoms with Gasteiger partial charge in [0.1, 0.15) is 0 Å². The number of carbonyl (C=O) groups excluding carboxylic acids is 1. The third-order valence-electron chi connectivity index (χ3n) is 4.99. The van der Waals surface area contributed by atoms with Gasteiger partial charge in [0.2, 0.25) is 5.91 Å². The quantitative estimate of drug-likeness (QED) is 0.835. The summed E-state index contributed by atoms with van der Waals surface area (Å²) in [6.07, 6.45) is 4.03. The van der Waals surface area contributed by atoms with E-state index in [1.54, 1.807) is 18.4 Å². The fraction of sp³-hybridized carbons (Fsp3) is 0.706. The molecule has 1 amide bonds. The van der Waals surface area contributed by atoms with E-state index in [0.717, 1.165) is 39.0 Å². The number of hydrogen-bond acceptors (Lipinski definition) is 4. The summed E-state index contributed by atoms with van der Waals surface area (Å²) in [6.45, 7) is 4.67. The van der Waals surface area contributed by atoms with Crippen molar-refractivity contribution >= 4 is 17.2 Å². The van der Waals surface area contributed by atoms with E-state index in [4.69, 9.17) is 4.74 Å². The second-order valence-corrected chi connectivity index (χ2v) is 7.24. The van der Waals surface area contributed by atoms with Gasteiger partial charge in [-0.05, 0) is 47.6 Å². The number of rotatable bonds is 5. The zero-order valence-electron chi connectivity index (χ0n) is 13.4. The van der Waals surface area contributed by atoms with E-state index in [1.807, 2.05) is 0 Å². The maximum Gasteiger partial charge on any atom is 0.222 e. The second-order valence-electron chi connectivity index (χ2n) is 6.45. The van der Waals surface area contributed by atoms with Crippen LogP contribution in [0.4, 0.5) is 0 Å². The molecule has 2 aliphatic heterocycles. The molecule has 2 aliphatic rings. The van der Waals surface area contributed by atoms with Crippen LogP contribution in [0.1, 0.15) is 31.2 Å². The van der Waals surface area contributed by atoms with Gasteiger partial charge in [-0.3, -0.25) is 9.69 Å². The predicted octanol–water partition coefficient (Wildman–Crippen LogP) is 2.60. The number of nitrogens with zero attached hydrogens (tertiary/aromatic N) is 2. The molecule has 1 aromatic heterocycles. The molecule has 0 aliphatic carbocycles. The number of ether oxygens (including phenoxy) is 1. The molecule has 5 heteroatoms. The molecule has 0 aromatic carbocycles. The molecule has 0 unspecified atom stereocenters. The second kappa shape index (κ2) is 7.57. The van der Waals surface area contributed by atoms with Crippen LogP contribution in [-0.4, -0.2) is 55.1 Å². The number of hydrogen-bond donors (Lipinski definition) is 0. The van der Waals surface area contributed by atoms with Crippen LogP contribution in [0.25, 0.3) is 0 Å². The fourth-order valence-corrected chi connectivity index (χ4v) is 4.56. The van der Waals surface area contributed by atoms with E-state index in [1.165, 1.54) is 12.0 Å². The number of likely N-dealkylation sites (tertiary alicyclic amines) is 2. The monoisotopic (exact) mass is 322 g/mol. The van der Waals surface area contributed by atoms with Crippen molar-refractivity contribution in [3.8, 4) is 0 Å².